The highest BCUT2D eigenvalue weighted by Crippen LogP contribution is 2.81. The lowest BCUT2D eigenvalue weighted by Crippen LogP contribution is -2.70. The lowest BCUT2D eigenvalue weighted by Gasteiger charge is -2.55. The average Bonchev–Trinajstić information content (AvgIpc) is 3.00. The predicted octanol–water partition coefficient (Wildman–Crippen LogP) is 1.57. The second kappa shape index (κ2) is 3.57. The van der Waals surface area contributed by atoms with Crippen LogP contribution in [0.2, 0.25) is 0 Å². The van der Waals surface area contributed by atoms with E-state index in [2.05, 4.69) is 45.4 Å². The number of halogens is 2. The molecule has 0 radical (unpaired) electrons. The Bertz CT molecular complexity index is 627. The van der Waals surface area contributed by atoms with Crippen molar-refractivity contribution in [3.63, 3.8) is 0 Å². The highest BCUT2D eigenvalue weighted by molar-refractivity contribution is 14.1. The fraction of sp³-hybridized carbons (Fsp3) is 0.933. The van der Waals surface area contributed by atoms with Gasteiger partial charge < -0.3 is 19.3 Å². The van der Waals surface area contributed by atoms with Gasteiger partial charge in [0.1, 0.15) is 12.2 Å². The third-order valence-corrected chi connectivity index (χ3v) is 9.93. The van der Waals surface area contributed by atoms with Crippen LogP contribution < -0.4 is 0 Å². The number of epoxide rings is 1. The van der Waals surface area contributed by atoms with Crippen LogP contribution in [0.3, 0.4) is 0 Å². The molecule has 2 spiro atoms. The van der Waals surface area contributed by atoms with E-state index in [9.17, 15) is 9.90 Å². The van der Waals surface area contributed by atoms with E-state index in [1.807, 2.05) is 13.8 Å². The van der Waals surface area contributed by atoms with Crippen LogP contribution in [0, 0.1) is 11.3 Å². The normalized spacial score (nSPS) is 70.4. The Labute approximate surface area is 150 Å². The van der Waals surface area contributed by atoms with Crippen molar-refractivity contribution >= 4 is 44.5 Å². The SMILES string of the molecule is CC1(I)C2C(O)C3OC(=O)[C@@]45O[C@@H]4CC1(O[C@]2(C)CBr)C35C. The van der Waals surface area contributed by atoms with Gasteiger partial charge in [-0.15, -0.1) is 0 Å². The molecule has 2 saturated carbocycles. The molecular weight excluding hydrogens is 467 g/mol. The van der Waals surface area contributed by atoms with Crippen LogP contribution in [0.5, 0.6) is 0 Å². The van der Waals surface area contributed by atoms with Gasteiger partial charge >= 0.3 is 5.97 Å². The van der Waals surface area contributed by atoms with Crippen LogP contribution in [0.4, 0.5) is 0 Å². The Morgan fingerprint density at radius 3 is 2.73 bits per heavy atom. The quantitative estimate of drug-likeness (QED) is 0.265. The van der Waals surface area contributed by atoms with Gasteiger partial charge in [-0.2, -0.15) is 0 Å². The molecule has 7 heteroatoms. The van der Waals surface area contributed by atoms with Crippen LogP contribution in [0.15, 0.2) is 0 Å². The van der Waals surface area contributed by atoms with Crippen molar-refractivity contribution in [2.24, 2.45) is 11.3 Å². The fourth-order valence-electron chi connectivity index (χ4n) is 6.38. The largest absolute Gasteiger partial charge is 0.457 e. The first-order valence-electron chi connectivity index (χ1n) is 7.64. The minimum Gasteiger partial charge on any atom is -0.457 e. The summed E-state index contributed by atoms with van der Waals surface area (Å²) in [5.74, 6) is -0.427. The maximum absolute atomic E-state index is 12.5. The Morgan fingerprint density at radius 1 is 1.41 bits per heavy atom. The van der Waals surface area contributed by atoms with E-state index >= 15 is 0 Å². The van der Waals surface area contributed by atoms with Gasteiger partial charge in [0, 0.05) is 17.7 Å². The number of hydrogen-bond acceptors (Lipinski definition) is 5. The number of aliphatic hydroxyl groups is 1. The van der Waals surface area contributed by atoms with E-state index < -0.39 is 34.4 Å². The molecule has 0 amide bonds. The molecule has 0 aromatic carbocycles. The predicted molar refractivity (Wildman–Crippen MR) is 88.1 cm³/mol. The van der Waals surface area contributed by atoms with Gasteiger partial charge in [0.15, 0.2) is 0 Å². The molecule has 5 aliphatic rings. The van der Waals surface area contributed by atoms with Gasteiger partial charge in [-0.25, -0.2) is 4.79 Å². The monoisotopic (exact) mass is 484 g/mol. The van der Waals surface area contributed by atoms with Gasteiger partial charge in [-0.05, 0) is 20.8 Å². The first-order valence-corrected chi connectivity index (χ1v) is 9.84. The number of aliphatic hydroxyl groups excluding tert-OH is 1. The summed E-state index contributed by atoms with van der Waals surface area (Å²) in [6.45, 7) is 6.22. The van der Waals surface area contributed by atoms with Crippen molar-refractivity contribution in [2.75, 3.05) is 5.33 Å². The van der Waals surface area contributed by atoms with Crippen molar-refractivity contribution in [1.29, 1.82) is 0 Å². The summed E-state index contributed by atoms with van der Waals surface area (Å²) >= 11 is 6.01. The van der Waals surface area contributed by atoms with E-state index in [0.29, 0.717) is 11.8 Å². The molecule has 3 saturated heterocycles. The van der Waals surface area contributed by atoms with Gasteiger partial charge in [-0.3, -0.25) is 0 Å². The third kappa shape index (κ3) is 1.05. The number of esters is 1. The maximum atomic E-state index is 12.5. The second-order valence-electron chi connectivity index (χ2n) is 7.99. The Morgan fingerprint density at radius 2 is 2.09 bits per heavy atom. The zero-order valence-electron chi connectivity index (χ0n) is 12.6. The van der Waals surface area contributed by atoms with Crippen LogP contribution in [0.25, 0.3) is 0 Å². The van der Waals surface area contributed by atoms with Crippen molar-refractivity contribution in [1.82, 2.24) is 0 Å². The van der Waals surface area contributed by atoms with Crippen molar-refractivity contribution < 1.29 is 24.1 Å². The average molecular weight is 485 g/mol. The summed E-state index contributed by atoms with van der Waals surface area (Å²) in [5.41, 5.74) is -2.57. The molecule has 6 unspecified atom stereocenters. The van der Waals surface area contributed by atoms with Crippen LogP contribution in [-0.2, 0) is 19.0 Å². The van der Waals surface area contributed by atoms with E-state index in [4.69, 9.17) is 14.2 Å². The Kier molecular flexibility index (Phi) is 2.41. The molecule has 3 aliphatic heterocycles. The molecule has 3 heterocycles. The zero-order valence-corrected chi connectivity index (χ0v) is 16.3. The van der Waals surface area contributed by atoms with Gasteiger partial charge in [0.2, 0.25) is 5.60 Å². The molecular formula is C15H18BrIO5. The summed E-state index contributed by atoms with van der Waals surface area (Å²) in [7, 11) is 0. The maximum Gasteiger partial charge on any atom is 0.342 e. The number of carbonyl (C=O) groups is 1. The highest BCUT2D eigenvalue weighted by atomic mass is 127. The lowest BCUT2D eigenvalue weighted by atomic mass is 9.53. The molecule has 9 atom stereocenters. The number of ether oxygens (including phenoxy) is 3. The van der Waals surface area contributed by atoms with Crippen LogP contribution in [0.1, 0.15) is 27.2 Å². The lowest BCUT2D eigenvalue weighted by molar-refractivity contribution is -0.189. The van der Waals surface area contributed by atoms with Crippen LogP contribution >= 0.6 is 38.5 Å². The fourth-order valence-corrected chi connectivity index (χ4v) is 8.76. The molecule has 22 heavy (non-hydrogen) atoms. The molecule has 2 bridgehead atoms. The van der Waals surface area contributed by atoms with Gasteiger partial charge in [0.05, 0.1) is 26.1 Å². The second-order valence-corrected chi connectivity index (χ2v) is 10.8. The zero-order chi connectivity index (χ0) is 15.9. The first kappa shape index (κ1) is 14.9. The molecule has 0 aromatic rings. The molecule has 0 aromatic heterocycles. The third-order valence-electron chi connectivity index (χ3n) is 7.27. The minimum absolute atomic E-state index is 0.113. The number of alkyl halides is 2. The molecule has 122 valence electrons. The van der Waals surface area contributed by atoms with E-state index in [1.54, 1.807) is 0 Å². The summed E-state index contributed by atoms with van der Waals surface area (Å²) < 4.78 is 17.9. The topological polar surface area (TPSA) is 68.3 Å². The molecule has 5 rings (SSSR count). The first-order chi connectivity index (χ1) is 10.1. The van der Waals surface area contributed by atoms with Crippen molar-refractivity contribution in [3.05, 3.63) is 0 Å². The van der Waals surface area contributed by atoms with Crippen LogP contribution in [-0.4, -0.2) is 54.9 Å². The van der Waals surface area contributed by atoms with E-state index in [0.717, 1.165) is 0 Å². The smallest absolute Gasteiger partial charge is 0.342 e. The summed E-state index contributed by atoms with van der Waals surface area (Å²) in [6.07, 6.45) is -0.759. The number of fused-ring (bicyclic) bond motifs is 1. The minimum atomic E-state index is -0.909. The van der Waals surface area contributed by atoms with Gasteiger partial charge in [-0.1, -0.05) is 38.5 Å². The van der Waals surface area contributed by atoms with Crippen molar-refractivity contribution in [3.8, 4) is 0 Å². The summed E-state index contributed by atoms with van der Waals surface area (Å²) in [6, 6.07) is 0. The van der Waals surface area contributed by atoms with Gasteiger partial charge in [0.25, 0.3) is 0 Å². The van der Waals surface area contributed by atoms with E-state index in [-0.39, 0.29) is 21.4 Å². The van der Waals surface area contributed by atoms with E-state index in [1.165, 1.54) is 0 Å². The molecule has 5 nitrogen and oxygen atoms in total. The summed E-state index contributed by atoms with van der Waals surface area (Å²) in [4.78, 5) is 12.5. The Balaban J connectivity index is 1.81. The summed E-state index contributed by atoms with van der Waals surface area (Å²) in [5, 5.41) is 11.7. The number of hydrogen-bond donors (Lipinski definition) is 1. The number of rotatable bonds is 1. The standard InChI is InChI=1S/C15H18BrIO5/c1-11(5-16)8-7(18)9-12(2)14(22-11,13(8,3)17)4-6-15(12,21-6)10(19)20-9/h6-9,18H,4-5H2,1-3H3/t6-,7?,8?,9?,11-,12?,13?,14?,15+/m1/s1. The van der Waals surface area contributed by atoms with Crippen molar-refractivity contribution in [2.45, 2.75) is 65.7 Å². The molecule has 5 fully saturated rings. The highest BCUT2D eigenvalue weighted by Gasteiger charge is 2.98. The molecule has 2 aliphatic carbocycles. The Hall–Kier alpha value is 0.560. The molecule has 1 N–H and O–H groups in total. The number of carbonyl (C=O) groups excluding carboxylic acids is 1.